The minimum absolute atomic E-state index is 0.0150. The Morgan fingerprint density at radius 2 is 1.60 bits per heavy atom. The van der Waals surface area contributed by atoms with Crippen molar-refractivity contribution < 1.29 is 13.3 Å². The Bertz CT molecular complexity index is 1280. The van der Waals surface area contributed by atoms with Crippen molar-refractivity contribution >= 4 is 26.6 Å². The number of nitrogens with zero attached hydrogens (tertiary/aromatic N) is 1. The number of aromatic nitrogens is 1. The number of nitrogens with one attached hydrogen (secondary N) is 2. The number of aromatic amines is 1. The monoisotopic (exact) mass is 421 g/mol. The summed E-state index contributed by atoms with van der Waals surface area (Å²) in [5.74, 6) is -0.213. The summed E-state index contributed by atoms with van der Waals surface area (Å²) in [5, 5.41) is 11.8. The first-order valence-corrected chi connectivity index (χ1v) is 10.8. The molecule has 0 aliphatic heterocycles. The van der Waals surface area contributed by atoms with Gasteiger partial charge >= 0.3 is 0 Å². The number of non-ortho nitro benzene ring substituents is 1. The van der Waals surface area contributed by atoms with E-state index in [0.29, 0.717) is 0 Å². The molecule has 0 fully saturated rings. The topological polar surface area (TPSA) is 105 Å². The molecule has 30 heavy (non-hydrogen) atoms. The molecule has 0 radical (unpaired) electrons. The van der Waals surface area contributed by atoms with Gasteiger partial charge in [0.2, 0.25) is 10.0 Å². The fourth-order valence-electron chi connectivity index (χ4n) is 3.50. The van der Waals surface area contributed by atoms with Crippen LogP contribution in [0.15, 0.2) is 90.0 Å². The Morgan fingerprint density at radius 1 is 0.933 bits per heavy atom. The van der Waals surface area contributed by atoms with Crippen LogP contribution in [0, 0.1) is 10.1 Å². The fraction of sp³-hybridized carbons (Fsp3) is 0.0909. The molecule has 2 N–H and O–H groups in total. The van der Waals surface area contributed by atoms with Crippen LogP contribution in [0.4, 0.5) is 5.69 Å². The molecule has 4 aromatic rings. The Labute approximate surface area is 173 Å². The predicted octanol–water partition coefficient (Wildman–Crippen LogP) is 4.19. The number of rotatable bonds is 7. The molecule has 0 saturated heterocycles. The average Bonchev–Trinajstić information content (AvgIpc) is 3.19. The third kappa shape index (κ3) is 3.96. The molecular formula is C22H19N3O4S. The number of sulfonamides is 1. The SMILES string of the molecule is O=[N+]([O-])c1ccc(S(=O)(=O)NCC(c2ccccc2)c2c[nH]c3ccccc23)cc1. The van der Waals surface area contributed by atoms with Crippen molar-refractivity contribution in [2.24, 2.45) is 0 Å². The van der Waals surface area contributed by atoms with Gasteiger partial charge in [0.25, 0.3) is 5.69 Å². The number of benzene rings is 3. The first kappa shape index (κ1) is 19.8. The number of hydrogen-bond donors (Lipinski definition) is 2. The molecular weight excluding hydrogens is 402 g/mol. The van der Waals surface area contributed by atoms with Crippen molar-refractivity contribution in [2.45, 2.75) is 10.8 Å². The van der Waals surface area contributed by atoms with E-state index in [1.807, 2.05) is 60.8 Å². The van der Waals surface area contributed by atoms with E-state index < -0.39 is 14.9 Å². The normalized spacial score (nSPS) is 12.7. The number of fused-ring (bicyclic) bond motifs is 1. The lowest BCUT2D eigenvalue weighted by Crippen LogP contribution is -2.29. The second kappa shape index (κ2) is 8.10. The van der Waals surface area contributed by atoms with Crippen LogP contribution in [0.25, 0.3) is 10.9 Å². The molecule has 1 unspecified atom stereocenters. The lowest BCUT2D eigenvalue weighted by atomic mass is 9.91. The first-order valence-electron chi connectivity index (χ1n) is 9.31. The minimum Gasteiger partial charge on any atom is -0.361 e. The summed E-state index contributed by atoms with van der Waals surface area (Å²) in [4.78, 5) is 13.5. The maximum Gasteiger partial charge on any atom is 0.269 e. The lowest BCUT2D eigenvalue weighted by Gasteiger charge is -2.18. The maximum absolute atomic E-state index is 12.8. The van der Waals surface area contributed by atoms with E-state index in [1.54, 1.807) is 0 Å². The molecule has 0 bridgehead atoms. The highest BCUT2D eigenvalue weighted by Gasteiger charge is 2.22. The number of nitro benzene ring substituents is 1. The molecule has 8 heteroatoms. The van der Waals surface area contributed by atoms with Gasteiger partial charge < -0.3 is 4.98 Å². The molecule has 4 rings (SSSR count). The fourth-order valence-corrected chi connectivity index (χ4v) is 4.55. The smallest absolute Gasteiger partial charge is 0.269 e. The van der Waals surface area contributed by atoms with Crippen LogP contribution in [-0.4, -0.2) is 24.9 Å². The van der Waals surface area contributed by atoms with Crippen molar-refractivity contribution in [3.63, 3.8) is 0 Å². The van der Waals surface area contributed by atoms with Gasteiger partial charge in [-0.3, -0.25) is 10.1 Å². The number of para-hydroxylation sites is 1. The third-order valence-corrected chi connectivity index (χ3v) is 6.47. The van der Waals surface area contributed by atoms with Gasteiger partial charge in [-0.15, -0.1) is 0 Å². The standard InChI is InChI=1S/C22H19N3O4S/c26-25(27)17-10-12-18(13-11-17)30(28,29)24-15-20(16-6-2-1-3-7-16)21-14-23-22-9-5-4-8-19(21)22/h1-14,20,23-24H,15H2. The summed E-state index contributed by atoms with van der Waals surface area (Å²) in [7, 11) is -3.83. The van der Waals surface area contributed by atoms with Crippen molar-refractivity contribution in [1.82, 2.24) is 9.71 Å². The third-order valence-electron chi connectivity index (χ3n) is 5.03. The highest BCUT2D eigenvalue weighted by molar-refractivity contribution is 7.89. The van der Waals surface area contributed by atoms with Crippen LogP contribution in [0.2, 0.25) is 0 Å². The Hall–Kier alpha value is -3.49. The minimum atomic E-state index is -3.83. The summed E-state index contributed by atoms with van der Waals surface area (Å²) < 4.78 is 28.3. The van der Waals surface area contributed by atoms with Crippen LogP contribution in [0.1, 0.15) is 17.0 Å². The van der Waals surface area contributed by atoms with E-state index in [-0.39, 0.29) is 23.0 Å². The van der Waals surface area contributed by atoms with Crippen LogP contribution >= 0.6 is 0 Å². The highest BCUT2D eigenvalue weighted by Crippen LogP contribution is 2.30. The molecule has 3 aromatic carbocycles. The van der Waals surface area contributed by atoms with Crippen LogP contribution < -0.4 is 4.72 Å². The van der Waals surface area contributed by atoms with Gasteiger partial charge in [0.05, 0.1) is 9.82 Å². The number of nitro groups is 1. The van der Waals surface area contributed by atoms with E-state index >= 15 is 0 Å². The summed E-state index contributed by atoms with van der Waals surface area (Å²) >= 11 is 0. The lowest BCUT2D eigenvalue weighted by molar-refractivity contribution is -0.384. The van der Waals surface area contributed by atoms with Gasteiger partial charge in [-0.25, -0.2) is 13.1 Å². The van der Waals surface area contributed by atoms with Crippen molar-refractivity contribution in [2.75, 3.05) is 6.54 Å². The largest absolute Gasteiger partial charge is 0.361 e. The molecule has 1 aromatic heterocycles. The Balaban J connectivity index is 1.65. The van der Waals surface area contributed by atoms with Crippen LogP contribution in [0.3, 0.4) is 0 Å². The zero-order valence-electron chi connectivity index (χ0n) is 15.9. The van der Waals surface area contributed by atoms with Crippen molar-refractivity contribution in [3.05, 3.63) is 106 Å². The summed E-state index contributed by atoms with van der Waals surface area (Å²) in [6.07, 6.45) is 1.91. The predicted molar refractivity (Wildman–Crippen MR) is 115 cm³/mol. The van der Waals surface area contributed by atoms with E-state index in [1.165, 1.54) is 24.3 Å². The van der Waals surface area contributed by atoms with Crippen molar-refractivity contribution in [3.8, 4) is 0 Å². The maximum atomic E-state index is 12.8. The van der Waals surface area contributed by atoms with E-state index in [4.69, 9.17) is 0 Å². The Kier molecular flexibility index (Phi) is 5.35. The zero-order chi connectivity index (χ0) is 21.1. The second-order valence-corrected chi connectivity index (χ2v) is 8.62. The van der Waals surface area contributed by atoms with E-state index in [9.17, 15) is 18.5 Å². The van der Waals surface area contributed by atoms with E-state index in [2.05, 4.69) is 9.71 Å². The van der Waals surface area contributed by atoms with Gasteiger partial charge in [0.15, 0.2) is 0 Å². The van der Waals surface area contributed by atoms with E-state index in [0.717, 1.165) is 22.0 Å². The van der Waals surface area contributed by atoms with Crippen LogP contribution in [-0.2, 0) is 10.0 Å². The van der Waals surface area contributed by atoms with Gasteiger partial charge in [0, 0.05) is 41.7 Å². The number of H-pyrrole nitrogens is 1. The van der Waals surface area contributed by atoms with Crippen molar-refractivity contribution in [1.29, 1.82) is 0 Å². The molecule has 0 spiro atoms. The van der Waals surface area contributed by atoms with Gasteiger partial charge in [-0.1, -0.05) is 48.5 Å². The average molecular weight is 421 g/mol. The highest BCUT2D eigenvalue weighted by atomic mass is 32.2. The summed E-state index contributed by atoms with van der Waals surface area (Å²) in [6, 6.07) is 22.4. The van der Waals surface area contributed by atoms with Gasteiger partial charge in [-0.2, -0.15) is 0 Å². The summed E-state index contributed by atoms with van der Waals surface area (Å²) in [5.41, 5.74) is 2.79. The zero-order valence-corrected chi connectivity index (χ0v) is 16.7. The first-order chi connectivity index (χ1) is 14.5. The van der Waals surface area contributed by atoms with Crippen LogP contribution in [0.5, 0.6) is 0 Å². The Morgan fingerprint density at radius 3 is 2.30 bits per heavy atom. The van der Waals surface area contributed by atoms with Gasteiger partial charge in [0.1, 0.15) is 0 Å². The molecule has 152 valence electrons. The van der Waals surface area contributed by atoms with Gasteiger partial charge in [-0.05, 0) is 29.3 Å². The molecule has 0 aliphatic carbocycles. The molecule has 7 nitrogen and oxygen atoms in total. The summed E-state index contributed by atoms with van der Waals surface area (Å²) in [6.45, 7) is 0.144. The molecule has 1 atom stereocenters. The molecule has 1 heterocycles. The molecule has 0 amide bonds. The molecule has 0 saturated carbocycles. The quantitative estimate of drug-likeness (QED) is 0.345. The molecule has 0 aliphatic rings. The number of hydrogen-bond acceptors (Lipinski definition) is 4. The second-order valence-electron chi connectivity index (χ2n) is 6.86.